The van der Waals surface area contributed by atoms with Crippen LogP contribution in [0.3, 0.4) is 0 Å². The molecule has 1 atom stereocenters. The number of aromatic nitrogens is 4. The molecule has 3 aromatic rings. The maximum Gasteiger partial charge on any atom is 0.257 e. The molecule has 0 spiro atoms. The van der Waals surface area contributed by atoms with E-state index in [0.29, 0.717) is 24.2 Å². The Hall–Kier alpha value is -3.29. The van der Waals surface area contributed by atoms with Crippen LogP contribution in [-0.2, 0) is 0 Å². The summed E-state index contributed by atoms with van der Waals surface area (Å²) in [5.41, 5.74) is 7.76. The van der Waals surface area contributed by atoms with Crippen LogP contribution in [0.2, 0.25) is 0 Å². The van der Waals surface area contributed by atoms with Crippen molar-refractivity contribution < 1.29 is 9.18 Å². The van der Waals surface area contributed by atoms with Crippen molar-refractivity contribution in [2.24, 2.45) is 0 Å². The number of benzene rings is 1. The van der Waals surface area contributed by atoms with Crippen molar-refractivity contribution in [2.75, 3.05) is 17.6 Å². The number of nitrogens with one attached hydrogen (secondary N) is 1. The van der Waals surface area contributed by atoms with Crippen LogP contribution >= 0.6 is 0 Å². The van der Waals surface area contributed by atoms with E-state index in [9.17, 15) is 9.18 Å². The summed E-state index contributed by atoms with van der Waals surface area (Å²) in [5, 5.41) is 7.37. The second-order valence-corrected chi connectivity index (χ2v) is 5.76. The predicted molar refractivity (Wildman–Crippen MR) is 90.5 cm³/mol. The summed E-state index contributed by atoms with van der Waals surface area (Å²) in [6, 6.07) is 9.67. The summed E-state index contributed by atoms with van der Waals surface area (Å²) in [7, 11) is 0. The predicted octanol–water partition coefficient (Wildman–Crippen LogP) is 2.30. The number of anilines is 2. The molecule has 8 heteroatoms. The van der Waals surface area contributed by atoms with Gasteiger partial charge in [0.1, 0.15) is 11.5 Å². The Labute approximate surface area is 142 Å². The summed E-state index contributed by atoms with van der Waals surface area (Å²) in [6.45, 7) is 0.608. The Morgan fingerprint density at radius 1 is 1.32 bits per heavy atom. The van der Waals surface area contributed by atoms with Gasteiger partial charge in [-0.2, -0.15) is 9.67 Å². The molecule has 126 valence electrons. The van der Waals surface area contributed by atoms with Gasteiger partial charge in [-0.25, -0.2) is 4.39 Å². The molecule has 3 N–H and O–H groups in total. The monoisotopic (exact) mass is 338 g/mol. The molecule has 3 heterocycles. The van der Waals surface area contributed by atoms with Gasteiger partial charge in [0.15, 0.2) is 0 Å². The van der Waals surface area contributed by atoms with Crippen LogP contribution < -0.4 is 11.1 Å². The van der Waals surface area contributed by atoms with Gasteiger partial charge in [-0.1, -0.05) is 6.07 Å². The van der Waals surface area contributed by atoms with Crippen molar-refractivity contribution in [1.82, 2.24) is 19.7 Å². The number of fused-ring (bicyclic) bond motifs is 1. The minimum Gasteiger partial charge on any atom is -0.385 e. The van der Waals surface area contributed by atoms with Gasteiger partial charge in [0.2, 0.25) is 11.8 Å². The highest BCUT2D eigenvalue weighted by atomic mass is 19.1. The van der Waals surface area contributed by atoms with E-state index in [1.807, 2.05) is 0 Å². The molecule has 1 unspecified atom stereocenters. The highest BCUT2D eigenvalue weighted by Crippen LogP contribution is 2.33. The van der Waals surface area contributed by atoms with E-state index in [1.54, 1.807) is 30.5 Å². The van der Waals surface area contributed by atoms with Gasteiger partial charge in [-0.15, -0.1) is 5.10 Å². The lowest BCUT2D eigenvalue weighted by Gasteiger charge is -2.25. The van der Waals surface area contributed by atoms with Gasteiger partial charge in [0.25, 0.3) is 5.91 Å². The van der Waals surface area contributed by atoms with Crippen molar-refractivity contribution in [3.63, 3.8) is 0 Å². The van der Waals surface area contributed by atoms with Crippen LogP contribution in [0, 0.1) is 5.82 Å². The standard InChI is InChI=1S/C17H15FN6O/c18-10-4-5-13-12(9-10)11(6-8-21-13)16(25)24-17(19)22-15(23-24)14-3-1-2-7-20-14/h1-5,7,9,11,21H,6,8H2,(H2,19,22,23). The van der Waals surface area contributed by atoms with Crippen LogP contribution in [0.4, 0.5) is 16.0 Å². The minimum absolute atomic E-state index is 0.0119. The van der Waals surface area contributed by atoms with E-state index in [2.05, 4.69) is 20.4 Å². The van der Waals surface area contributed by atoms with Crippen LogP contribution in [-0.4, -0.2) is 32.2 Å². The Kier molecular flexibility index (Phi) is 3.64. The molecule has 0 fully saturated rings. The number of pyridine rings is 1. The van der Waals surface area contributed by atoms with Crippen LogP contribution in [0.1, 0.15) is 22.7 Å². The molecule has 0 bridgehead atoms. The lowest BCUT2D eigenvalue weighted by molar-refractivity contribution is 0.0859. The Morgan fingerprint density at radius 2 is 2.20 bits per heavy atom. The largest absolute Gasteiger partial charge is 0.385 e. The summed E-state index contributed by atoms with van der Waals surface area (Å²) in [6.07, 6.45) is 2.13. The zero-order valence-corrected chi connectivity index (χ0v) is 13.2. The molecule has 2 aromatic heterocycles. The quantitative estimate of drug-likeness (QED) is 0.744. The Morgan fingerprint density at radius 3 is 3.00 bits per heavy atom. The summed E-state index contributed by atoms with van der Waals surface area (Å²) in [4.78, 5) is 21.2. The van der Waals surface area contributed by atoms with Gasteiger partial charge in [-0.05, 0) is 42.3 Å². The molecule has 0 saturated carbocycles. The van der Waals surface area contributed by atoms with Crippen molar-refractivity contribution in [2.45, 2.75) is 12.3 Å². The van der Waals surface area contributed by atoms with Crippen molar-refractivity contribution >= 4 is 17.5 Å². The first-order valence-electron chi connectivity index (χ1n) is 7.85. The topological polar surface area (TPSA) is 98.7 Å². The number of rotatable bonds is 2. The average molecular weight is 338 g/mol. The highest BCUT2D eigenvalue weighted by molar-refractivity contribution is 5.89. The Balaban J connectivity index is 1.71. The van der Waals surface area contributed by atoms with Gasteiger partial charge >= 0.3 is 0 Å². The lowest BCUT2D eigenvalue weighted by atomic mass is 9.90. The molecule has 4 rings (SSSR count). The number of hydrogen-bond donors (Lipinski definition) is 2. The van der Waals surface area contributed by atoms with E-state index >= 15 is 0 Å². The number of hydrogen-bond acceptors (Lipinski definition) is 6. The van der Waals surface area contributed by atoms with E-state index in [1.165, 1.54) is 12.1 Å². The first-order valence-corrected chi connectivity index (χ1v) is 7.85. The number of carbonyl (C=O) groups excluding carboxylic acids is 1. The summed E-state index contributed by atoms with van der Waals surface area (Å²) >= 11 is 0. The summed E-state index contributed by atoms with van der Waals surface area (Å²) < 4.78 is 14.7. The van der Waals surface area contributed by atoms with Gasteiger partial charge in [0, 0.05) is 18.4 Å². The fourth-order valence-corrected chi connectivity index (χ4v) is 2.98. The molecule has 0 radical (unpaired) electrons. The molecule has 7 nitrogen and oxygen atoms in total. The molecule has 1 aliphatic heterocycles. The highest BCUT2D eigenvalue weighted by Gasteiger charge is 2.30. The van der Waals surface area contributed by atoms with Crippen LogP contribution in [0.15, 0.2) is 42.6 Å². The summed E-state index contributed by atoms with van der Waals surface area (Å²) in [5.74, 6) is -0.990. The number of nitrogens with two attached hydrogens (primary N) is 1. The molecule has 0 amide bonds. The number of halogens is 1. The van der Waals surface area contributed by atoms with Gasteiger partial charge < -0.3 is 11.1 Å². The van der Waals surface area contributed by atoms with Crippen LogP contribution in [0.5, 0.6) is 0 Å². The average Bonchev–Trinajstić information content (AvgIpc) is 3.03. The van der Waals surface area contributed by atoms with Crippen molar-refractivity contribution in [3.05, 3.63) is 54.0 Å². The Bertz CT molecular complexity index is 940. The molecule has 0 saturated heterocycles. The van der Waals surface area contributed by atoms with Crippen molar-refractivity contribution in [1.29, 1.82) is 0 Å². The SMILES string of the molecule is Nc1nc(-c2ccccn2)nn1C(=O)C1CCNc2ccc(F)cc21. The van der Waals surface area contributed by atoms with Gasteiger partial charge in [0.05, 0.1) is 5.92 Å². The number of nitrogens with zero attached hydrogens (tertiary/aromatic N) is 4. The molecular formula is C17H15FN6O. The van der Waals surface area contributed by atoms with E-state index in [-0.39, 0.29) is 23.5 Å². The fraction of sp³-hybridized carbons (Fsp3) is 0.176. The zero-order valence-electron chi connectivity index (χ0n) is 13.2. The van der Waals surface area contributed by atoms with E-state index < -0.39 is 5.92 Å². The zero-order chi connectivity index (χ0) is 17.4. The normalized spacial score (nSPS) is 16.1. The smallest absolute Gasteiger partial charge is 0.257 e. The van der Waals surface area contributed by atoms with E-state index in [0.717, 1.165) is 10.4 Å². The van der Waals surface area contributed by atoms with E-state index in [4.69, 9.17) is 5.73 Å². The second-order valence-electron chi connectivity index (χ2n) is 5.76. The third-order valence-corrected chi connectivity index (χ3v) is 4.17. The second kappa shape index (κ2) is 5.97. The first-order chi connectivity index (χ1) is 12.1. The third-order valence-electron chi connectivity index (χ3n) is 4.17. The fourth-order valence-electron chi connectivity index (χ4n) is 2.98. The maximum absolute atomic E-state index is 13.6. The van der Waals surface area contributed by atoms with Crippen LogP contribution in [0.25, 0.3) is 11.5 Å². The molecule has 1 aliphatic rings. The number of carbonyl (C=O) groups is 1. The first kappa shape index (κ1) is 15.3. The minimum atomic E-state index is -0.535. The molecular weight excluding hydrogens is 323 g/mol. The molecule has 0 aliphatic carbocycles. The third kappa shape index (κ3) is 2.71. The number of nitrogen functional groups attached to an aromatic ring is 1. The molecule has 1 aromatic carbocycles. The molecule has 25 heavy (non-hydrogen) atoms. The van der Waals surface area contributed by atoms with Crippen molar-refractivity contribution in [3.8, 4) is 11.5 Å². The lowest BCUT2D eigenvalue weighted by Crippen LogP contribution is -2.28. The maximum atomic E-state index is 13.6. The van der Waals surface area contributed by atoms with Gasteiger partial charge in [-0.3, -0.25) is 9.78 Å².